The third-order valence-corrected chi connectivity index (χ3v) is 2.74. The molecule has 0 bridgehead atoms. The largest absolute Gasteiger partial charge is 0.362 e. The van der Waals surface area contributed by atoms with Crippen LogP contribution in [0.1, 0.15) is 11.7 Å². The molecule has 0 unspecified atom stereocenters. The van der Waals surface area contributed by atoms with Gasteiger partial charge in [-0.25, -0.2) is 0 Å². The molecule has 0 saturated carbocycles. The van der Waals surface area contributed by atoms with Crippen LogP contribution in [0.3, 0.4) is 0 Å². The van der Waals surface area contributed by atoms with E-state index in [0.29, 0.717) is 17.4 Å². The van der Waals surface area contributed by atoms with Gasteiger partial charge in [0.2, 0.25) is 5.82 Å². The Labute approximate surface area is 130 Å². The van der Waals surface area contributed by atoms with Gasteiger partial charge >= 0.3 is 0 Å². The van der Waals surface area contributed by atoms with E-state index in [4.69, 9.17) is 13.8 Å². The lowest BCUT2D eigenvalue weighted by molar-refractivity contribution is -0.121. The van der Waals surface area contributed by atoms with Crippen LogP contribution < -0.4 is 5.32 Å². The van der Waals surface area contributed by atoms with E-state index in [1.807, 2.05) is 6.07 Å². The summed E-state index contributed by atoms with van der Waals surface area (Å²) in [7, 11) is 0. The van der Waals surface area contributed by atoms with E-state index in [9.17, 15) is 4.79 Å². The van der Waals surface area contributed by atoms with Crippen molar-refractivity contribution < 1.29 is 18.6 Å². The second-order valence-electron chi connectivity index (χ2n) is 4.62. The number of hydrogen-bond acceptors (Lipinski definition) is 8. The molecule has 0 radical (unpaired) electrons. The summed E-state index contributed by atoms with van der Waals surface area (Å²) < 4.78 is 15.1. The fourth-order valence-corrected chi connectivity index (χ4v) is 1.76. The second-order valence-corrected chi connectivity index (χ2v) is 4.62. The number of nitrogens with zero attached hydrogens (tertiary/aromatic N) is 4. The average molecular weight is 315 g/mol. The maximum Gasteiger partial charge on any atom is 0.252 e. The first-order valence-corrected chi connectivity index (χ1v) is 6.74. The van der Waals surface area contributed by atoms with Crippen LogP contribution in [0, 0.1) is 6.92 Å². The zero-order valence-electron chi connectivity index (χ0n) is 12.2. The molecule has 9 heteroatoms. The summed E-state index contributed by atoms with van der Waals surface area (Å²) in [5.74, 6) is 1.28. The lowest BCUT2D eigenvalue weighted by atomic mass is 10.3. The molecule has 3 rings (SSSR count). The SMILES string of the molecule is Cc1cc(NC(=O)COCc2nc(-c3cccnc3)no2)no1. The van der Waals surface area contributed by atoms with Crippen molar-refractivity contribution in [2.24, 2.45) is 0 Å². The Hall–Kier alpha value is -3.07. The lowest BCUT2D eigenvalue weighted by Gasteiger charge is -2.00. The smallest absolute Gasteiger partial charge is 0.252 e. The highest BCUT2D eigenvalue weighted by Crippen LogP contribution is 2.14. The van der Waals surface area contributed by atoms with Gasteiger partial charge in [-0.3, -0.25) is 9.78 Å². The highest BCUT2D eigenvalue weighted by Gasteiger charge is 2.10. The van der Waals surface area contributed by atoms with Crippen molar-refractivity contribution in [3.63, 3.8) is 0 Å². The molecule has 0 fully saturated rings. The molecule has 0 aliphatic heterocycles. The number of carbonyl (C=O) groups excluding carboxylic acids is 1. The third kappa shape index (κ3) is 3.98. The molecule has 0 aliphatic rings. The topological polar surface area (TPSA) is 116 Å². The van der Waals surface area contributed by atoms with Crippen molar-refractivity contribution in [2.45, 2.75) is 13.5 Å². The highest BCUT2D eigenvalue weighted by atomic mass is 16.5. The predicted octanol–water partition coefficient (Wildman–Crippen LogP) is 1.58. The Kier molecular flexibility index (Phi) is 4.39. The minimum atomic E-state index is -0.356. The third-order valence-electron chi connectivity index (χ3n) is 2.74. The summed E-state index contributed by atoms with van der Waals surface area (Å²) in [5.41, 5.74) is 0.738. The Bertz CT molecular complexity index is 783. The molecule has 23 heavy (non-hydrogen) atoms. The van der Waals surface area contributed by atoms with Crippen LogP contribution in [0.4, 0.5) is 5.82 Å². The summed E-state index contributed by atoms with van der Waals surface area (Å²) in [6.07, 6.45) is 3.28. The van der Waals surface area contributed by atoms with Gasteiger partial charge in [0.25, 0.3) is 11.8 Å². The van der Waals surface area contributed by atoms with Crippen molar-refractivity contribution in [1.82, 2.24) is 20.3 Å². The molecule has 118 valence electrons. The van der Waals surface area contributed by atoms with Crippen molar-refractivity contribution in [3.8, 4) is 11.4 Å². The number of ether oxygens (including phenoxy) is 1. The molecule has 1 N–H and O–H groups in total. The van der Waals surface area contributed by atoms with Gasteiger partial charge in [0, 0.05) is 24.0 Å². The first-order chi connectivity index (χ1) is 11.2. The number of amides is 1. The van der Waals surface area contributed by atoms with Gasteiger partial charge in [0.1, 0.15) is 19.0 Å². The average Bonchev–Trinajstić information content (AvgIpc) is 3.17. The Morgan fingerprint density at radius 3 is 3.00 bits per heavy atom. The number of anilines is 1. The Balaban J connectivity index is 1.47. The number of carbonyl (C=O) groups is 1. The number of hydrogen-bond donors (Lipinski definition) is 1. The maximum atomic E-state index is 11.6. The Morgan fingerprint density at radius 1 is 1.35 bits per heavy atom. The normalized spacial score (nSPS) is 10.7. The van der Waals surface area contributed by atoms with E-state index in [0.717, 1.165) is 5.56 Å². The van der Waals surface area contributed by atoms with Crippen LogP contribution in [0.5, 0.6) is 0 Å². The highest BCUT2D eigenvalue weighted by molar-refractivity contribution is 5.90. The van der Waals surface area contributed by atoms with Gasteiger partial charge in [-0.15, -0.1) is 0 Å². The quantitative estimate of drug-likeness (QED) is 0.728. The molecule has 9 nitrogen and oxygen atoms in total. The molecule has 0 saturated heterocycles. The summed E-state index contributed by atoms with van der Waals surface area (Å²) >= 11 is 0. The zero-order chi connectivity index (χ0) is 16.1. The van der Waals surface area contributed by atoms with Crippen molar-refractivity contribution in [3.05, 3.63) is 42.2 Å². The van der Waals surface area contributed by atoms with Gasteiger partial charge in [-0.05, 0) is 19.1 Å². The Morgan fingerprint density at radius 2 is 2.26 bits per heavy atom. The van der Waals surface area contributed by atoms with Crippen molar-refractivity contribution >= 4 is 11.7 Å². The molecule has 0 atom stereocenters. The fourth-order valence-electron chi connectivity index (χ4n) is 1.76. The van der Waals surface area contributed by atoms with E-state index < -0.39 is 0 Å². The van der Waals surface area contributed by atoms with E-state index in [1.165, 1.54) is 0 Å². The molecule has 1 amide bonds. The van der Waals surface area contributed by atoms with Gasteiger partial charge in [-0.2, -0.15) is 4.98 Å². The first kappa shape index (κ1) is 14.9. The van der Waals surface area contributed by atoms with Crippen LogP contribution in [0.25, 0.3) is 11.4 Å². The molecule has 0 spiro atoms. The molecular weight excluding hydrogens is 302 g/mol. The minimum Gasteiger partial charge on any atom is -0.362 e. The number of pyridine rings is 1. The number of rotatable bonds is 6. The zero-order valence-corrected chi connectivity index (χ0v) is 12.2. The van der Waals surface area contributed by atoms with Gasteiger partial charge < -0.3 is 19.1 Å². The summed E-state index contributed by atoms with van der Waals surface area (Å²) in [6.45, 7) is 1.59. The predicted molar refractivity (Wildman–Crippen MR) is 77.1 cm³/mol. The number of aryl methyl sites for hydroxylation is 1. The van der Waals surface area contributed by atoms with E-state index in [1.54, 1.807) is 31.5 Å². The number of aromatic nitrogens is 4. The van der Waals surface area contributed by atoms with Gasteiger partial charge in [-0.1, -0.05) is 10.3 Å². The van der Waals surface area contributed by atoms with Crippen LogP contribution in [0.2, 0.25) is 0 Å². The van der Waals surface area contributed by atoms with Crippen molar-refractivity contribution in [2.75, 3.05) is 11.9 Å². The second kappa shape index (κ2) is 6.79. The maximum absolute atomic E-state index is 11.6. The molecule has 3 aromatic heterocycles. The lowest BCUT2D eigenvalue weighted by Crippen LogP contribution is -2.18. The molecule has 3 aromatic rings. The monoisotopic (exact) mass is 315 g/mol. The fraction of sp³-hybridized carbons (Fsp3) is 0.214. The molecule has 0 aliphatic carbocycles. The van der Waals surface area contributed by atoms with Crippen LogP contribution in [-0.2, 0) is 16.1 Å². The molecule has 0 aromatic carbocycles. The summed E-state index contributed by atoms with van der Waals surface area (Å²) in [6, 6.07) is 5.20. The van der Waals surface area contributed by atoms with E-state index in [-0.39, 0.29) is 25.0 Å². The minimum absolute atomic E-state index is 0.0263. The van der Waals surface area contributed by atoms with E-state index >= 15 is 0 Å². The molecular formula is C14H13N5O4. The molecule has 3 heterocycles. The first-order valence-electron chi connectivity index (χ1n) is 6.74. The van der Waals surface area contributed by atoms with Crippen LogP contribution in [-0.4, -0.2) is 32.8 Å². The van der Waals surface area contributed by atoms with Crippen LogP contribution in [0.15, 0.2) is 39.6 Å². The summed E-state index contributed by atoms with van der Waals surface area (Å²) in [4.78, 5) is 19.8. The summed E-state index contributed by atoms with van der Waals surface area (Å²) in [5, 5.41) is 10.0. The van der Waals surface area contributed by atoms with Gasteiger partial charge in [0.15, 0.2) is 5.82 Å². The van der Waals surface area contributed by atoms with Crippen molar-refractivity contribution in [1.29, 1.82) is 0 Å². The number of nitrogens with one attached hydrogen (secondary N) is 1. The standard InChI is InChI=1S/C14H13N5O4/c1-9-5-11(18-22-9)16-12(20)7-21-8-13-17-14(19-23-13)10-3-2-4-15-6-10/h2-6H,7-8H2,1H3,(H,16,18,20). The van der Waals surface area contributed by atoms with Crippen LogP contribution >= 0.6 is 0 Å². The van der Waals surface area contributed by atoms with E-state index in [2.05, 4.69) is 25.6 Å². The van der Waals surface area contributed by atoms with Gasteiger partial charge in [0.05, 0.1) is 0 Å².